The average Bonchev–Trinajstić information content (AvgIpc) is 2.41. The van der Waals surface area contributed by atoms with Crippen LogP contribution in [0.4, 0.5) is 5.69 Å². The first kappa shape index (κ1) is 14.6. The molecule has 7 heteroatoms. The highest BCUT2D eigenvalue weighted by Crippen LogP contribution is 2.35. The Balaban J connectivity index is 1.82. The second-order valence-corrected chi connectivity index (χ2v) is 7.54. The molecule has 116 valence electrons. The molecule has 0 unspecified atom stereocenters. The monoisotopic (exact) mass is 312 g/mol. The summed E-state index contributed by atoms with van der Waals surface area (Å²) in [4.78, 5) is 0.122. The third-order valence-electron chi connectivity index (χ3n) is 4.05. The third-order valence-corrected chi connectivity index (χ3v) is 5.48. The number of hydrogen-bond donors (Lipinski definition) is 3. The molecule has 1 aromatic rings. The molecule has 0 amide bonds. The molecule has 4 N–H and O–H groups in total. The summed E-state index contributed by atoms with van der Waals surface area (Å²) in [5.74, 6) is 0.629. The maximum Gasteiger partial charge on any atom is 0.244 e. The standard InChI is InChI=1S/C14H20N2O4S/c15-11-6-10-2-1-3-20-14(10)13(7-11)21(18,19)16-8-9-4-12(17)5-9/h6-7,9,12,16-17H,1-5,8,15H2. The lowest BCUT2D eigenvalue weighted by Gasteiger charge is -2.31. The van der Waals surface area contributed by atoms with E-state index in [0.717, 1.165) is 18.4 Å². The second-order valence-electron chi connectivity index (χ2n) is 5.80. The van der Waals surface area contributed by atoms with Gasteiger partial charge in [0.25, 0.3) is 0 Å². The Labute approximate surface area is 124 Å². The van der Waals surface area contributed by atoms with Gasteiger partial charge in [-0.15, -0.1) is 0 Å². The summed E-state index contributed by atoms with van der Waals surface area (Å²) in [6, 6.07) is 3.22. The third kappa shape index (κ3) is 3.00. The molecule has 0 radical (unpaired) electrons. The molecule has 1 aromatic carbocycles. The Bertz CT molecular complexity index is 639. The molecule has 3 rings (SSSR count). The normalized spacial score (nSPS) is 24.8. The van der Waals surface area contributed by atoms with Crippen LogP contribution in [0.5, 0.6) is 5.75 Å². The second kappa shape index (κ2) is 5.47. The van der Waals surface area contributed by atoms with Crippen LogP contribution in [-0.4, -0.2) is 32.8 Å². The molecule has 1 fully saturated rings. The molecule has 1 aliphatic carbocycles. The molecular formula is C14H20N2O4S. The SMILES string of the molecule is Nc1cc2c(c(S(=O)(=O)NCC3CC(O)C3)c1)OCCC2. The van der Waals surface area contributed by atoms with Gasteiger partial charge in [0.15, 0.2) is 0 Å². The van der Waals surface area contributed by atoms with Gasteiger partial charge in [0.1, 0.15) is 10.6 Å². The molecule has 1 heterocycles. The van der Waals surface area contributed by atoms with Crippen molar-refractivity contribution in [3.63, 3.8) is 0 Å². The first-order valence-electron chi connectivity index (χ1n) is 7.18. The molecule has 6 nitrogen and oxygen atoms in total. The van der Waals surface area contributed by atoms with Gasteiger partial charge in [-0.25, -0.2) is 13.1 Å². The summed E-state index contributed by atoms with van der Waals surface area (Å²) in [6.07, 6.45) is 2.64. The summed E-state index contributed by atoms with van der Waals surface area (Å²) >= 11 is 0. The minimum atomic E-state index is -3.65. The minimum Gasteiger partial charge on any atom is -0.492 e. The number of ether oxygens (including phenoxy) is 1. The molecule has 0 aromatic heterocycles. The molecular weight excluding hydrogens is 292 g/mol. The highest BCUT2D eigenvalue weighted by Gasteiger charge is 2.30. The number of sulfonamides is 1. The summed E-state index contributed by atoms with van der Waals surface area (Å²) in [6.45, 7) is 0.858. The van der Waals surface area contributed by atoms with Gasteiger partial charge >= 0.3 is 0 Å². The minimum absolute atomic E-state index is 0.122. The van der Waals surface area contributed by atoms with Crippen LogP contribution in [0.1, 0.15) is 24.8 Å². The Kier molecular flexibility index (Phi) is 3.81. The summed E-state index contributed by atoms with van der Waals surface area (Å²) < 4.78 is 33.1. The maximum absolute atomic E-state index is 12.5. The van der Waals surface area contributed by atoms with Gasteiger partial charge in [-0.3, -0.25) is 0 Å². The van der Waals surface area contributed by atoms with E-state index in [-0.39, 0.29) is 16.9 Å². The summed E-state index contributed by atoms with van der Waals surface area (Å²) in [5.41, 5.74) is 7.09. The Morgan fingerprint density at radius 3 is 2.86 bits per heavy atom. The van der Waals surface area contributed by atoms with Crippen LogP contribution >= 0.6 is 0 Å². The predicted octanol–water partition coefficient (Wildman–Crippen LogP) is 0.643. The summed E-state index contributed by atoms with van der Waals surface area (Å²) in [7, 11) is -3.65. The van der Waals surface area contributed by atoms with Crippen LogP contribution in [0.25, 0.3) is 0 Å². The van der Waals surface area contributed by atoms with Crippen molar-refractivity contribution in [3.05, 3.63) is 17.7 Å². The lowest BCUT2D eigenvalue weighted by molar-refractivity contribution is 0.0453. The number of anilines is 1. The quantitative estimate of drug-likeness (QED) is 0.708. The van der Waals surface area contributed by atoms with Crippen molar-refractivity contribution in [2.45, 2.75) is 36.7 Å². The fourth-order valence-corrected chi connectivity index (χ4v) is 4.18. The van der Waals surface area contributed by atoms with E-state index in [0.29, 0.717) is 37.4 Å². The van der Waals surface area contributed by atoms with Crippen molar-refractivity contribution in [2.24, 2.45) is 5.92 Å². The van der Waals surface area contributed by atoms with E-state index in [1.165, 1.54) is 6.07 Å². The topological polar surface area (TPSA) is 102 Å². The highest BCUT2D eigenvalue weighted by molar-refractivity contribution is 7.89. The number of nitrogens with one attached hydrogen (secondary N) is 1. The zero-order valence-electron chi connectivity index (χ0n) is 11.7. The van der Waals surface area contributed by atoms with Crippen LogP contribution in [0.15, 0.2) is 17.0 Å². The number of benzene rings is 1. The van der Waals surface area contributed by atoms with Crippen molar-refractivity contribution in [3.8, 4) is 5.75 Å². The van der Waals surface area contributed by atoms with Crippen LogP contribution in [-0.2, 0) is 16.4 Å². The first-order valence-corrected chi connectivity index (χ1v) is 8.67. The molecule has 0 bridgehead atoms. The van der Waals surface area contributed by atoms with E-state index < -0.39 is 10.0 Å². The Morgan fingerprint density at radius 2 is 2.14 bits per heavy atom. The van der Waals surface area contributed by atoms with E-state index in [2.05, 4.69) is 4.72 Å². The van der Waals surface area contributed by atoms with Crippen molar-refractivity contribution in [1.29, 1.82) is 0 Å². The molecule has 2 aliphatic rings. The molecule has 0 saturated heterocycles. The van der Waals surface area contributed by atoms with Crippen molar-refractivity contribution in [1.82, 2.24) is 4.72 Å². The number of hydrogen-bond acceptors (Lipinski definition) is 5. The number of fused-ring (bicyclic) bond motifs is 1. The summed E-state index contributed by atoms with van der Waals surface area (Å²) in [5, 5.41) is 9.25. The fourth-order valence-electron chi connectivity index (χ4n) is 2.84. The van der Waals surface area contributed by atoms with E-state index >= 15 is 0 Å². The highest BCUT2D eigenvalue weighted by atomic mass is 32.2. The Hall–Kier alpha value is -1.31. The van der Waals surface area contributed by atoms with E-state index in [1.54, 1.807) is 6.07 Å². The van der Waals surface area contributed by atoms with Crippen molar-refractivity contribution < 1.29 is 18.3 Å². The zero-order chi connectivity index (χ0) is 15.0. The van der Waals surface area contributed by atoms with Crippen LogP contribution in [0.3, 0.4) is 0 Å². The average molecular weight is 312 g/mol. The number of rotatable bonds is 4. The molecule has 21 heavy (non-hydrogen) atoms. The first-order chi connectivity index (χ1) is 9.95. The van der Waals surface area contributed by atoms with Gasteiger partial charge in [-0.1, -0.05) is 0 Å². The fraction of sp³-hybridized carbons (Fsp3) is 0.571. The van der Waals surface area contributed by atoms with Gasteiger partial charge < -0.3 is 15.6 Å². The van der Waals surface area contributed by atoms with Crippen LogP contribution in [0.2, 0.25) is 0 Å². The zero-order valence-corrected chi connectivity index (χ0v) is 12.5. The van der Waals surface area contributed by atoms with Crippen LogP contribution in [0, 0.1) is 5.92 Å². The van der Waals surface area contributed by atoms with Gasteiger partial charge in [0.05, 0.1) is 12.7 Å². The maximum atomic E-state index is 12.5. The molecule has 1 saturated carbocycles. The van der Waals surface area contributed by atoms with Crippen molar-refractivity contribution in [2.75, 3.05) is 18.9 Å². The van der Waals surface area contributed by atoms with E-state index in [1.807, 2.05) is 0 Å². The number of aliphatic hydroxyl groups excluding tert-OH is 1. The molecule has 0 spiro atoms. The van der Waals surface area contributed by atoms with Gasteiger partial charge in [-0.05, 0) is 49.3 Å². The number of nitrogen functional groups attached to an aromatic ring is 1. The number of aryl methyl sites for hydroxylation is 1. The van der Waals surface area contributed by atoms with Gasteiger partial charge in [0, 0.05) is 12.2 Å². The smallest absolute Gasteiger partial charge is 0.244 e. The number of nitrogens with two attached hydrogens (primary N) is 1. The van der Waals surface area contributed by atoms with Gasteiger partial charge in [-0.2, -0.15) is 0 Å². The van der Waals surface area contributed by atoms with Crippen LogP contribution < -0.4 is 15.2 Å². The van der Waals surface area contributed by atoms with Gasteiger partial charge in [0.2, 0.25) is 10.0 Å². The lowest BCUT2D eigenvalue weighted by Crippen LogP contribution is -2.38. The van der Waals surface area contributed by atoms with E-state index in [4.69, 9.17) is 10.5 Å². The largest absolute Gasteiger partial charge is 0.492 e. The number of aliphatic hydroxyl groups is 1. The van der Waals surface area contributed by atoms with Crippen molar-refractivity contribution >= 4 is 15.7 Å². The Morgan fingerprint density at radius 1 is 1.38 bits per heavy atom. The molecule has 1 aliphatic heterocycles. The predicted molar refractivity (Wildman–Crippen MR) is 78.6 cm³/mol. The molecule has 0 atom stereocenters. The lowest BCUT2D eigenvalue weighted by atomic mass is 9.83. The van der Waals surface area contributed by atoms with E-state index in [9.17, 15) is 13.5 Å².